The van der Waals surface area contributed by atoms with Crippen molar-refractivity contribution in [3.8, 4) is 0 Å². The third kappa shape index (κ3) is 9.23. The molecule has 0 heterocycles. The van der Waals surface area contributed by atoms with Gasteiger partial charge >= 0.3 is 12.3 Å². The van der Waals surface area contributed by atoms with Crippen LogP contribution in [0.25, 0.3) is 10.8 Å². The molecule has 3 amide bonds. The van der Waals surface area contributed by atoms with Gasteiger partial charge in [-0.15, -0.1) is 0 Å². The summed E-state index contributed by atoms with van der Waals surface area (Å²) in [5.41, 5.74) is 0.582. The van der Waals surface area contributed by atoms with Crippen LogP contribution in [-0.2, 0) is 27.2 Å². The van der Waals surface area contributed by atoms with Crippen LogP contribution in [0.1, 0.15) is 31.9 Å². The van der Waals surface area contributed by atoms with E-state index in [-0.39, 0.29) is 12.8 Å². The van der Waals surface area contributed by atoms with Crippen LogP contribution in [0.2, 0.25) is 0 Å². The summed E-state index contributed by atoms with van der Waals surface area (Å²) < 4.78 is 44.3. The maximum Gasteiger partial charge on any atom is 0.410 e. The molecule has 3 rings (SSSR count). The molecule has 0 aliphatic rings. The summed E-state index contributed by atoms with van der Waals surface area (Å²) in [5.74, 6) is -1.57. The zero-order valence-electron chi connectivity index (χ0n) is 23.9. The second-order valence-corrected chi connectivity index (χ2v) is 11.0. The Hall–Kier alpha value is -4.08. The summed E-state index contributed by atoms with van der Waals surface area (Å²) in [6, 6.07) is 19.7. The molecule has 0 aromatic heterocycles. The van der Waals surface area contributed by atoms with Crippen molar-refractivity contribution in [2.75, 3.05) is 20.6 Å². The van der Waals surface area contributed by atoms with E-state index in [2.05, 4.69) is 0 Å². The molecule has 2 atom stereocenters. The van der Waals surface area contributed by atoms with Crippen LogP contribution >= 0.6 is 0 Å². The highest BCUT2D eigenvalue weighted by molar-refractivity contribution is 5.92. The number of halogens is 3. The molecule has 0 aliphatic carbocycles. The zero-order chi connectivity index (χ0) is 30.4. The molecule has 0 radical (unpaired) electrons. The smallest absolute Gasteiger partial charge is 0.410 e. The predicted molar refractivity (Wildman–Crippen MR) is 151 cm³/mol. The number of carbonyl (C=O) groups is 3. The average Bonchev–Trinajstić information content (AvgIpc) is 2.91. The van der Waals surface area contributed by atoms with Crippen molar-refractivity contribution < 1.29 is 32.3 Å². The van der Waals surface area contributed by atoms with Crippen molar-refractivity contribution in [1.29, 1.82) is 0 Å². The van der Waals surface area contributed by atoms with Crippen LogP contribution in [0, 0.1) is 0 Å². The topological polar surface area (TPSA) is 79.0 Å². The number of rotatable bonds is 9. The van der Waals surface area contributed by atoms with E-state index >= 15 is 0 Å². The normalized spacial score (nSPS) is 13.3. The van der Waals surface area contributed by atoms with Gasteiger partial charge in [0.15, 0.2) is 0 Å². The molecule has 3 aromatic carbocycles. The number of benzene rings is 3. The maximum atomic E-state index is 14.0. The molecule has 220 valence electrons. The molecular formula is C31H36F3N3O4. The third-order valence-electron chi connectivity index (χ3n) is 6.53. The molecule has 3 aromatic rings. The fourth-order valence-electron chi connectivity index (χ4n) is 4.38. The number of nitrogens with zero attached hydrogens (tertiary/aromatic N) is 2. The Balaban J connectivity index is 1.96. The first-order valence-corrected chi connectivity index (χ1v) is 13.2. The van der Waals surface area contributed by atoms with E-state index in [0.717, 1.165) is 21.2 Å². The Kier molecular flexibility index (Phi) is 10.0. The maximum absolute atomic E-state index is 14.0. The fraction of sp³-hybridized carbons (Fsp3) is 0.387. The number of ether oxygens (including phenoxy) is 1. The van der Waals surface area contributed by atoms with E-state index in [0.29, 0.717) is 5.56 Å². The number of likely N-dealkylation sites (N-methyl/N-ethyl adjacent to an activating group) is 2. The summed E-state index contributed by atoms with van der Waals surface area (Å²) in [6.07, 6.45) is -5.30. The molecule has 1 N–H and O–H groups in total. The minimum Gasteiger partial charge on any atom is -0.444 e. The van der Waals surface area contributed by atoms with Crippen molar-refractivity contribution in [2.45, 2.75) is 57.5 Å². The molecule has 0 aliphatic heterocycles. The second-order valence-electron chi connectivity index (χ2n) is 11.0. The molecular weight excluding hydrogens is 535 g/mol. The highest BCUT2D eigenvalue weighted by Crippen LogP contribution is 2.21. The van der Waals surface area contributed by atoms with Crippen LogP contribution in [0.4, 0.5) is 18.0 Å². The molecule has 0 spiro atoms. The molecule has 0 saturated heterocycles. The van der Waals surface area contributed by atoms with Crippen LogP contribution in [0.15, 0.2) is 72.8 Å². The van der Waals surface area contributed by atoms with Crippen molar-refractivity contribution in [3.05, 3.63) is 83.9 Å². The van der Waals surface area contributed by atoms with Gasteiger partial charge in [-0.1, -0.05) is 72.8 Å². The van der Waals surface area contributed by atoms with Crippen molar-refractivity contribution >= 4 is 28.7 Å². The Morgan fingerprint density at radius 1 is 0.780 bits per heavy atom. The minimum absolute atomic E-state index is 0.0222. The Labute approximate surface area is 238 Å². The van der Waals surface area contributed by atoms with Gasteiger partial charge in [0, 0.05) is 26.9 Å². The largest absolute Gasteiger partial charge is 0.444 e. The van der Waals surface area contributed by atoms with E-state index in [1.807, 2.05) is 47.8 Å². The number of nitrogens with one attached hydrogen (secondary N) is 1. The lowest BCUT2D eigenvalue weighted by Crippen LogP contribution is -2.57. The summed E-state index contributed by atoms with van der Waals surface area (Å²) in [4.78, 5) is 42.4. The first-order valence-electron chi connectivity index (χ1n) is 13.2. The summed E-state index contributed by atoms with van der Waals surface area (Å²) >= 11 is 0. The molecule has 0 bridgehead atoms. The monoisotopic (exact) mass is 571 g/mol. The Morgan fingerprint density at radius 3 is 1.98 bits per heavy atom. The first kappa shape index (κ1) is 31.4. The van der Waals surface area contributed by atoms with E-state index < -0.39 is 48.3 Å². The van der Waals surface area contributed by atoms with Crippen molar-refractivity contribution in [2.24, 2.45) is 0 Å². The van der Waals surface area contributed by atoms with Gasteiger partial charge in [0.1, 0.15) is 24.2 Å². The Morgan fingerprint density at radius 2 is 1.37 bits per heavy atom. The minimum atomic E-state index is -4.62. The summed E-state index contributed by atoms with van der Waals surface area (Å²) in [7, 11) is 2.79. The van der Waals surface area contributed by atoms with Gasteiger partial charge in [-0.25, -0.2) is 4.79 Å². The SMILES string of the molecule is CN(C(=O)OC(C)(C)C)C(Cc1ccc2ccccc2c1)C(=O)N(C)C(Cc1ccccc1)C(=O)NCC(F)(F)F. The van der Waals surface area contributed by atoms with Gasteiger partial charge in [0.2, 0.25) is 11.8 Å². The van der Waals surface area contributed by atoms with Crippen LogP contribution < -0.4 is 5.32 Å². The van der Waals surface area contributed by atoms with Gasteiger partial charge < -0.3 is 15.0 Å². The third-order valence-corrected chi connectivity index (χ3v) is 6.53. The standard InChI is InChI=1S/C31H36F3N3O4/c1-30(2,3)41-29(40)37(5)26(19-22-15-16-23-13-9-10-14-24(23)17-22)28(39)36(4)25(18-21-11-7-6-8-12-21)27(38)35-20-31(32,33)34/h6-17,25-26H,18-20H2,1-5H3,(H,35,38). The molecule has 0 fully saturated rings. The average molecular weight is 572 g/mol. The molecule has 0 saturated carbocycles. The fourth-order valence-corrected chi connectivity index (χ4v) is 4.38. The molecule has 2 unspecified atom stereocenters. The number of hydrogen-bond acceptors (Lipinski definition) is 4. The van der Waals surface area contributed by atoms with Gasteiger partial charge in [0.25, 0.3) is 0 Å². The summed E-state index contributed by atoms with van der Waals surface area (Å²) in [5, 5.41) is 3.85. The predicted octanol–water partition coefficient (Wildman–Crippen LogP) is 5.37. The lowest BCUT2D eigenvalue weighted by atomic mass is 9.98. The van der Waals surface area contributed by atoms with Crippen molar-refractivity contribution in [1.82, 2.24) is 15.1 Å². The van der Waals surface area contributed by atoms with Gasteiger partial charge in [-0.2, -0.15) is 13.2 Å². The van der Waals surface area contributed by atoms with Crippen molar-refractivity contribution in [3.63, 3.8) is 0 Å². The van der Waals surface area contributed by atoms with Gasteiger partial charge in [0.05, 0.1) is 0 Å². The van der Waals surface area contributed by atoms with E-state index in [9.17, 15) is 27.6 Å². The lowest BCUT2D eigenvalue weighted by molar-refractivity contribution is -0.147. The second kappa shape index (κ2) is 13.1. The van der Waals surface area contributed by atoms with Crippen LogP contribution in [0.5, 0.6) is 0 Å². The van der Waals surface area contributed by atoms with Gasteiger partial charge in [-0.3, -0.25) is 14.5 Å². The highest BCUT2D eigenvalue weighted by atomic mass is 19.4. The number of alkyl halides is 3. The number of carbonyl (C=O) groups excluding carboxylic acids is 3. The molecule has 41 heavy (non-hydrogen) atoms. The van der Waals surface area contributed by atoms with Gasteiger partial charge in [-0.05, 0) is 42.7 Å². The lowest BCUT2D eigenvalue weighted by Gasteiger charge is -2.35. The number of fused-ring (bicyclic) bond motifs is 1. The quantitative estimate of drug-likeness (QED) is 0.375. The van der Waals surface area contributed by atoms with Crippen LogP contribution in [-0.4, -0.2) is 72.2 Å². The summed E-state index contributed by atoms with van der Waals surface area (Å²) in [6.45, 7) is 3.57. The van der Waals surface area contributed by atoms with E-state index in [4.69, 9.17) is 4.74 Å². The number of amides is 3. The molecule has 7 nitrogen and oxygen atoms in total. The first-order chi connectivity index (χ1) is 19.1. The zero-order valence-corrected chi connectivity index (χ0v) is 23.9. The Bertz CT molecular complexity index is 1360. The highest BCUT2D eigenvalue weighted by Gasteiger charge is 2.37. The van der Waals surface area contributed by atoms with E-state index in [1.165, 1.54) is 19.0 Å². The molecule has 10 heteroatoms. The number of hydrogen-bond donors (Lipinski definition) is 1. The van der Waals surface area contributed by atoms with Crippen LogP contribution in [0.3, 0.4) is 0 Å². The van der Waals surface area contributed by atoms with E-state index in [1.54, 1.807) is 51.1 Å².